The van der Waals surface area contributed by atoms with Gasteiger partial charge in [-0.05, 0) is 49.6 Å². The van der Waals surface area contributed by atoms with Crippen LogP contribution in [0.1, 0.15) is 56.3 Å². The molecule has 168 valence electrons. The number of anilines is 1. The SMILES string of the molecule is CC(Sc1nnc(C2CCCCC2)n1N)C(=O)Nc1ccc(OCc2ccccc2)cc1. The summed E-state index contributed by atoms with van der Waals surface area (Å²) in [7, 11) is 0. The number of rotatable bonds is 8. The van der Waals surface area contributed by atoms with Gasteiger partial charge in [-0.1, -0.05) is 61.4 Å². The van der Waals surface area contributed by atoms with E-state index in [1.54, 1.807) is 4.68 Å². The number of nitrogens with one attached hydrogen (secondary N) is 1. The lowest BCUT2D eigenvalue weighted by molar-refractivity contribution is -0.115. The van der Waals surface area contributed by atoms with Crippen LogP contribution in [-0.4, -0.2) is 26.0 Å². The average molecular weight is 452 g/mol. The van der Waals surface area contributed by atoms with Gasteiger partial charge in [-0.2, -0.15) is 0 Å². The molecule has 0 radical (unpaired) electrons. The highest BCUT2D eigenvalue weighted by Gasteiger charge is 2.24. The van der Waals surface area contributed by atoms with Crippen molar-refractivity contribution in [1.82, 2.24) is 14.9 Å². The summed E-state index contributed by atoms with van der Waals surface area (Å²) < 4.78 is 7.35. The Bertz CT molecular complexity index is 1020. The predicted molar refractivity (Wildman–Crippen MR) is 127 cm³/mol. The van der Waals surface area contributed by atoms with E-state index in [1.165, 1.54) is 31.0 Å². The van der Waals surface area contributed by atoms with Gasteiger partial charge in [0.1, 0.15) is 12.4 Å². The fourth-order valence-corrected chi connectivity index (χ4v) is 4.62. The van der Waals surface area contributed by atoms with Crippen molar-refractivity contribution >= 4 is 23.4 Å². The summed E-state index contributed by atoms with van der Waals surface area (Å²) in [6.07, 6.45) is 5.88. The Kier molecular flexibility index (Phi) is 7.32. The van der Waals surface area contributed by atoms with Crippen LogP contribution in [0.3, 0.4) is 0 Å². The van der Waals surface area contributed by atoms with Crippen molar-refractivity contribution in [3.8, 4) is 5.75 Å². The van der Waals surface area contributed by atoms with Crippen LogP contribution in [-0.2, 0) is 11.4 Å². The van der Waals surface area contributed by atoms with E-state index in [9.17, 15) is 4.79 Å². The van der Waals surface area contributed by atoms with Crippen molar-refractivity contribution in [3.63, 3.8) is 0 Å². The predicted octanol–water partition coefficient (Wildman–Crippen LogP) is 4.74. The number of hydrogen-bond donors (Lipinski definition) is 2. The van der Waals surface area contributed by atoms with Crippen molar-refractivity contribution < 1.29 is 9.53 Å². The molecule has 0 bridgehead atoms. The summed E-state index contributed by atoms with van der Waals surface area (Å²) in [5, 5.41) is 11.7. The van der Waals surface area contributed by atoms with Gasteiger partial charge < -0.3 is 15.9 Å². The largest absolute Gasteiger partial charge is 0.489 e. The van der Waals surface area contributed by atoms with E-state index in [2.05, 4.69) is 15.5 Å². The molecule has 7 nitrogen and oxygen atoms in total. The Hall–Kier alpha value is -3.00. The normalized spacial score (nSPS) is 15.3. The van der Waals surface area contributed by atoms with Crippen LogP contribution in [0.4, 0.5) is 5.69 Å². The molecule has 3 aromatic rings. The Morgan fingerprint density at radius 1 is 1.12 bits per heavy atom. The van der Waals surface area contributed by atoms with E-state index in [1.807, 2.05) is 61.5 Å². The van der Waals surface area contributed by atoms with Crippen molar-refractivity contribution in [2.75, 3.05) is 11.2 Å². The topological polar surface area (TPSA) is 95.1 Å². The lowest BCUT2D eigenvalue weighted by atomic mass is 9.89. The van der Waals surface area contributed by atoms with E-state index >= 15 is 0 Å². The summed E-state index contributed by atoms with van der Waals surface area (Å²) in [6.45, 7) is 2.34. The summed E-state index contributed by atoms with van der Waals surface area (Å²) in [4.78, 5) is 12.7. The molecule has 8 heteroatoms. The first-order valence-corrected chi connectivity index (χ1v) is 11.9. The maximum absolute atomic E-state index is 12.7. The minimum atomic E-state index is -0.366. The summed E-state index contributed by atoms with van der Waals surface area (Å²) in [5.41, 5.74) is 1.82. The number of carbonyl (C=O) groups excluding carboxylic acids is 1. The number of thioether (sulfide) groups is 1. The molecule has 1 heterocycles. The third-order valence-corrected chi connectivity index (χ3v) is 6.74. The highest BCUT2D eigenvalue weighted by atomic mass is 32.2. The zero-order valence-corrected chi connectivity index (χ0v) is 19.1. The molecule has 1 unspecified atom stereocenters. The smallest absolute Gasteiger partial charge is 0.237 e. The number of nitrogen functional groups attached to an aromatic ring is 1. The van der Waals surface area contributed by atoms with Gasteiger partial charge in [0.15, 0.2) is 5.82 Å². The molecule has 2 aromatic carbocycles. The number of nitrogens with two attached hydrogens (primary N) is 1. The molecule has 32 heavy (non-hydrogen) atoms. The van der Waals surface area contributed by atoms with Crippen LogP contribution in [0.15, 0.2) is 59.8 Å². The first-order valence-electron chi connectivity index (χ1n) is 11.0. The molecule has 1 amide bonds. The zero-order valence-electron chi connectivity index (χ0n) is 18.2. The lowest BCUT2D eigenvalue weighted by Crippen LogP contribution is -2.24. The number of amides is 1. The summed E-state index contributed by atoms with van der Waals surface area (Å²) in [6, 6.07) is 17.4. The van der Waals surface area contributed by atoms with Crippen molar-refractivity contribution in [2.24, 2.45) is 0 Å². The molecule has 1 atom stereocenters. The summed E-state index contributed by atoms with van der Waals surface area (Å²) >= 11 is 1.32. The molecule has 1 fully saturated rings. The quantitative estimate of drug-likeness (QED) is 0.379. The van der Waals surface area contributed by atoms with Gasteiger partial charge in [0, 0.05) is 11.6 Å². The standard InChI is InChI=1S/C24H29N5O2S/c1-17(32-24-28-27-22(29(24)25)19-10-6-3-7-11-19)23(30)26-20-12-14-21(15-13-20)31-16-18-8-4-2-5-9-18/h2,4-5,8-9,12-15,17,19H,3,6-7,10-11,16,25H2,1H3,(H,26,30). The molecule has 1 aliphatic carbocycles. The van der Waals surface area contributed by atoms with Crippen LogP contribution >= 0.6 is 11.8 Å². The second-order valence-corrected chi connectivity index (χ2v) is 9.40. The van der Waals surface area contributed by atoms with Crippen LogP contribution in [0.5, 0.6) is 5.75 Å². The van der Waals surface area contributed by atoms with E-state index in [0.717, 1.165) is 30.0 Å². The Morgan fingerprint density at radius 2 is 1.84 bits per heavy atom. The third-order valence-electron chi connectivity index (χ3n) is 5.68. The molecule has 1 aliphatic rings. The van der Waals surface area contributed by atoms with Crippen molar-refractivity contribution in [2.45, 2.75) is 62.0 Å². The first kappa shape index (κ1) is 22.2. The Labute approximate surface area is 192 Å². The molecule has 1 aromatic heterocycles. The number of carbonyl (C=O) groups is 1. The van der Waals surface area contributed by atoms with Gasteiger partial charge in [-0.25, -0.2) is 4.68 Å². The molecule has 3 N–H and O–H groups in total. The second-order valence-electron chi connectivity index (χ2n) is 8.09. The number of aromatic nitrogens is 3. The fourth-order valence-electron chi connectivity index (χ4n) is 3.84. The van der Waals surface area contributed by atoms with E-state index < -0.39 is 0 Å². The molecule has 4 rings (SSSR count). The number of benzene rings is 2. The van der Waals surface area contributed by atoms with Crippen LogP contribution in [0, 0.1) is 0 Å². The van der Waals surface area contributed by atoms with Crippen molar-refractivity contribution in [1.29, 1.82) is 0 Å². The number of hydrogen-bond acceptors (Lipinski definition) is 6. The third kappa shape index (κ3) is 5.62. The lowest BCUT2D eigenvalue weighted by Gasteiger charge is -2.20. The van der Waals surface area contributed by atoms with Gasteiger partial charge >= 0.3 is 0 Å². The summed E-state index contributed by atoms with van der Waals surface area (Å²) in [5.74, 6) is 8.07. The average Bonchev–Trinajstić information content (AvgIpc) is 3.19. The second kappa shape index (κ2) is 10.5. The van der Waals surface area contributed by atoms with Crippen LogP contribution in [0.2, 0.25) is 0 Å². The van der Waals surface area contributed by atoms with Gasteiger partial charge in [-0.3, -0.25) is 4.79 Å². The highest BCUT2D eigenvalue weighted by molar-refractivity contribution is 8.00. The maximum atomic E-state index is 12.7. The van der Waals surface area contributed by atoms with Crippen LogP contribution in [0.25, 0.3) is 0 Å². The first-order chi connectivity index (χ1) is 15.6. The molecule has 0 aliphatic heterocycles. The highest BCUT2D eigenvalue weighted by Crippen LogP contribution is 2.33. The molecule has 1 saturated carbocycles. The van der Waals surface area contributed by atoms with Gasteiger partial charge in [-0.15, -0.1) is 10.2 Å². The van der Waals surface area contributed by atoms with E-state index in [-0.39, 0.29) is 11.2 Å². The van der Waals surface area contributed by atoms with Crippen LogP contribution < -0.4 is 15.9 Å². The van der Waals surface area contributed by atoms with Gasteiger partial charge in [0.25, 0.3) is 0 Å². The molecule has 0 saturated heterocycles. The molecule has 0 spiro atoms. The zero-order chi connectivity index (χ0) is 22.3. The fraction of sp³-hybridized carbons (Fsp3) is 0.375. The minimum absolute atomic E-state index is 0.116. The van der Waals surface area contributed by atoms with Gasteiger partial charge in [0.05, 0.1) is 5.25 Å². The molecular weight excluding hydrogens is 422 g/mol. The van der Waals surface area contributed by atoms with E-state index in [0.29, 0.717) is 23.4 Å². The maximum Gasteiger partial charge on any atom is 0.237 e. The monoisotopic (exact) mass is 451 g/mol. The Balaban J connectivity index is 1.29. The number of ether oxygens (including phenoxy) is 1. The van der Waals surface area contributed by atoms with Gasteiger partial charge in [0.2, 0.25) is 11.1 Å². The van der Waals surface area contributed by atoms with Crippen molar-refractivity contribution in [3.05, 3.63) is 66.0 Å². The minimum Gasteiger partial charge on any atom is -0.489 e. The van der Waals surface area contributed by atoms with E-state index in [4.69, 9.17) is 10.6 Å². The molecular formula is C24H29N5O2S. The number of nitrogens with zero attached hydrogens (tertiary/aromatic N) is 3. The Morgan fingerprint density at radius 3 is 2.56 bits per heavy atom.